The summed E-state index contributed by atoms with van der Waals surface area (Å²) in [6.07, 6.45) is 2.92. The fourth-order valence-corrected chi connectivity index (χ4v) is 2.56. The maximum Gasteiger partial charge on any atom is 0.0684 e. The molecule has 2 fully saturated rings. The summed E-state index contributed by atoms with van der Waals surface area (Å²) in [5, 5.41) is 0. The topological polar surface area (TPSA) is 35.2 Å². The van der Waals surface area contributed by atoms with Crippen LogP contribution in [-0.2, 0) is 4.74 Å². The van der Waals surface area contributed by atoms with Crippen LogP contribution in [0.15, 0.2) is 0 Å². The van der Waals surface area contributed by atoms with Crippen molar-refractivity contribution < 1.29 is 4.74 Å². The summed E-state index contributed by atoms with van der Waals surface area (Å²) in [5.74, 6) is 0.652. The predicted octanol–water partition coefficient (Wildman–Crippen LogP) is 1.15. The quantitative estimate of drug-likeness (QED) is 0.569. The molecule has 2 N–H and O–H groups in total. The van der Waals surface area contributed by atoms with Crippen LogP contribution in [0, 0.1) is 11.3 Å². The normalized spacial score (nSPS) is 47.7. The largest absolute Gasteiger partial charge is 0.377 e. The van der Waals surface area contributed by atoms with Crippen LogP contribution >= 0.6 is 0 Å². The average molecular weight is 155 g/mol. The van der Waals surface area contributed by atoms with Crippen molar-refractivity contribution in [3.8, 4) is 0 Å². The van der Waals surface area contributed by atoms with Gasteiger partial charge in [-0.25, -0.2) is 0 Å². The molecule has 0 aromatic carbocycles. The number of rotatable bonds is 0. The molecule has 0 bridgehead atoms. The van der Waals surface area contributed by atoms with E-state index in [2.05, 4.69) is 13.8 Å². The van der Waals surface area contributed by atoms with Crippen molar-refractivity contribution in [1.82, 2.24) is 0 Å². The highest BCUT2D eigenvalue weighted by molar-refractivity contribution is 5.08. The monoisotopic (exact) mass is 155 g/mol. The zero-order chi connectivity index (χ0) is 8.06. The van der Waals surface area contributed by atoms with Gasteiger partial charge in [0.15, 0.2) is 0 Å². The van der Waals surface area contributed by atoms with Crippen molar-refractivity contribution >= 4 is 0 Å². The molecule has 2 nitrogen and oxygen atoms in total. The Morgan fingerprint density at radius 2 is 2.18 bits per heavy atom. The van der Waals surface area contributed by atoms with Crippen molar-refractivity contribution in [2.24, 2.45) is 17.1 Å². The molecule has 2 aliphatic rings. The van der Waals surface area contributed by atoms with Gasteiger partial charge in [-0.2, -0.15) is 0 Å². The maximum atomic E-state index is 6.03. The minimum Gasteiger partial charge on any atom is -0.377 e. The van der Waals surface area contributed by atoms with E-state index in [-0.39, 0.29) is 5.41 Å². The maximum absolute atomic E-state index is 6.03. The molecule has 2 heteroatoms. The Kier molecular flexibility index (Phi) is 1.52. The van der Waals surface area contributed by atoms with Gasteiger partial charge in [0, 0.05) is 24.0 Å². The summed E-state index contributed by atoms with van der Waals surface area (Å²) in [6, 6.07) is 0.368. The lowest BCUT2D eigenvalue weighted by molar-refractivity contribution is -0.183. The standard InChI is InChI=1S/C9H17NO/c1-9(2)7(10)6-4-3-5-11-8(6)9/h6-8H,3-5,10H2,1-2H3/t6-,7-,8-/m1/s1. The smallest absolute Gasteiger partial charge is 0.0684 e. The van der Waals surface area contributed by atoms with E-state index in [0.29, 0.717) is 18.1 Å². The Bertz CT molecular complexity index is 167. The third-order valence-corrected chi connectivity index (χ3v) is 3.42. The van der Waals surface area contributed by atoms with Gasteiger partial charge in [0.2, 0.25) is 0 Å². The van der Waals surface area contributed by atoms with Crippen LogP contribution in [0.3, 0.4) is 0 Å². The van der Waals surface area contributed by atoms with Gasteiger partial charge < -0.3 is 10.5 Å². The molecule has 11 heavy (non-hydrogen) atoms. The number of nitrogens with two attached hydrogens (primary N) is 1. The molecule has 0 amide bonds. The summed E-state index contributed by atoms with van der Waals surface area (Å²) in [4.78, 5) is 0. The van der Waals surface area contributed by atoms with Crippen LogP contribution in [0.2, 0.25) is 0 Å². The van der Waals surface area contributed by atoms with Gasteiger partial charge in [-0.3, -0.25) is 0 Å². The third-order valence-electron chi connectivity index (χ3n) is 3.42. The molecule has 1 heterocycles. The molecule has 1 saturated carbocycles. The molecule has 2 rings (SSSR count). The van der Waals surface area contributed by atoms with Crippen molar-refractivity contribution in [3.63, 3.8) is 0 Å². The second-order valence-electron chi connectivity index (χ2n) is 4.44. The highest BCUT2D eigenvalue weighted by Crippen LogP contribution is 2.49. The fraction of sp³-hybridized carbons (Fsp3) is 1.00. The van der Waals surface area contributed by atoms with Gasteiger partial charge in [0.1, 0.15) is 0 Å². The summed E-state index contributed by atoms with van der Waals surface area (Å²) >= 11 is 0. The number of hydrogen-bond donors (Lipinski definition) is 1. The van der Waals surface area contributed by atoms with Gasteiger partial charge in [-0.05, 0) is 12.8 Å². The molecule has 1 aliphatic heterocycles. The first-order chi connectivity index (χ1) is 5.14. The fourth-order valence-electron chi connectivity index (χ4n) is 2.56. The molecular formula is C9H17NO. The zero-order valence-electron chi connectivity index (χ0n) is 7.34. The Labute approximate surface area is 68.1 Å². The molecule has 3 atom stereocenters. The summed E-state index contributed by atoms with van der Waals surface area (Å²) in [5.41, 5.74) is 6.26. The van der Waals surface area contributed by atoms with Crippen molar-refractivity contribution in [2.75, 3.05) is 6.61 Å². The molecule has 64 valence electrons. The average Bonchev–Trinajstić information content (AvgIpc) is 2.04. The minimum absolute atomic E-state index is 0.227. The van der Waals surface area contributed by atoms with Gasteiger partial charge >= 0.3 is 0 Å². The summed E-state index contributed by atoms with van der Waals surface area (Å²) in [6.45, 7) is 5.37. The van der Waals surface area contributed by atoms with Crippen LogP contribution in [-0.4, -0.2) is 18.8 Å². The van der Waals surface area contributed by atoms with Gasteiger partial charge in [0.05, 0.1) is 6.10 Å². The summed E-state index contributed by atoms with van der Waals surface area (Å²) < 4.78 is 5.68. The van der Waals surface area contributed by atoms with Crippen molar-refractivity contribution in [3.05, 3.63) is 0 Å². The van der Waals surface area contributed by atoms with E-state index in [1.54, 1.807) is 0 Å². The Morgan fingerprint density at radius 3 is 2.82 bits per heavy atom. The Balaban J connectivity index is 2.09. The lowest BCUT2D eigenvalue weighted by Crippen LogP contribution is -2.67. The molecule has 0 radical (unpaired) electrons. The van der Waals surface area contributed by atoms with E-state index < -0.39 is 0 Å². The second-order valence-corrected chi connectivity index (χ2v) is 4.44. The SMILES string of the molecule is CC1(C)[C@H](N)[C@H]2CCCO[C@H]21. The van der Waals surface area contributed by atoms with E-state index in [0.717, 1.165) is 6.61 Å². The number of fused-ring (bicyclic) bond motifs is 1. The molecule has 0 aromatic rings. The van der Waals surface area contributed by atoms with Crippen LogP contribution in [0.1, 0.15) is 26.7 Å². The predicted molar refractivity (Wildman–Crippen MR) is 44.2 cm³/mol. The van der Waals surface area contributed by atoms with Crippen LogP contribution in [0.4, 0.5) is 0 Å². The number of ether oxygens (including phenoxy) is 1. The van der Waals surface area contributed by atoms with E-state index in [4.69, 9.17) is 10.5 Å². The van der Waals surface area contributed by atoms with E-state index >= 15 is 0 Å². The first kappa shape index (κ1) is 7.56. The molecule has 1 saturated heterocycles. The van der Waals surface area contributed by atoms with Crippen molar-refractivity contribution in [2.45, 2.75) is 38.8 Å². The highest BCUT2D eigenvalue weighted by Gasteiger charge is 2.55. The van der Waals surface area contributed by atoms with Gasteiger partial charge in [-0.15, -0.1) is 0 Å². The first-order valence-corrected chi connectivity index (χ1v) is 4.51. The molecule has 0 spiro atoms. The van der Waals surface area contributed by atoms with Crippen LogP contribution in [0.25, 0.3) is 0 Å². The molecule has 1 aliphatic carbocycles. The van der Waals surface area contributed by atoms with Crippen LogP contribution < -0.4 is 5.73 Å². The second kappa shape index (κ2) is 2.20. The lowest BCUT2D eigenvalue weighted by atomic mass is 9.56. The highest BCUT2D eigenvalue weighted by atomic mass is 16.5. The van der Waals surface area contributed by atoms with E-state index in [9.17, 15) is 0 Å². The first-order valence-electron chi connectivity index (χ1n) is 4.51. The van der Waals surface area contributed by atoms with Gasteiger partial charge in [0.25, 0.3) is 0 Å². The lowest BCUT2D eigenvalue weighted by Gasteiger charge is -2.58. The summed E-state index contributed by atoms with van der Waals surface area (Å²) in [7, 11) is 0. The van der Waals surface area contributed by atoms with E-state index in [1.807, 2.05) is 0 Å². The molecule has 0 aromatic heterocycles. The van der Waals surface area contributed by atoms with Crippen molar-refractivity contribution in [1.29, 1.82) is 0 Å². The van der Waals surface area contributed by atoms with E-state index in [1.165, 1.54) is 12.8 Å². The molecular weight excluding hydrogens is 138 g/mol. The number of hydrogen-bond acceptors (Lipinski definition) is 2. The minimum atomic E-state index is 0.227. The molecule has 0 unspecified atom stereocenters. The third kappa shape index (κ3) is 0.859. The zero-order valence-corrected chi connectivity index (χ0v) is 7.34. The Hall–Kier alpha value is -0.0800. The van der Waals surface area contributed by atoms with Crippen LogP contribution in [0.5, 0.6) is 0 Å². The van der Waals surface area contributed by atoms with Gasteiger partial charge in [-0.1, -0.05) is 13.8 Å². The Morgan fingerprint density at radius 1 is 1.45 bits per heavy atom.